The molecule has 1 aliphatic rings. The second-order valence-corrected chi connectivity index (χ2v) is 8.11. The van der Waals surface area contributed by atoms with Crippen LogP contribution in [0.15, 0.2) is 47.6 Å². The minimum atomic E-state index is -0.220. The molecule has 1 fully saturated rings. The van der Waals surface area contributed by atoms with Crippen molar-refractivity contribution in [1.29, 1.82) is 0 Å². The van der Waals surface area contributed by atoms with Crippen LogP contribution in [0, 0.1) is 0 Å². The minimum Gasteiger partial charge on any atom is -0.484 e. The molecule has 6 nitrogen and oxygen atoms in total. The summed E-state index contributed by atoms with van der Waals surface area (Å²) >= 11 is 1.55. The average molecular weight is 414 g/mol. The van der Waals surface area contributed by atoms with Gasteiger partial charge in [-0.2, -0.15) is 0 Å². The first-order valence-corrected chi connectivity index (χ1v) is 11.1. The molecule has 0 radical (unpaired) electrons. The fraction of sp³-hybridized carbons (Fsp3) is 0.409. The number of benzene rings is 1. The van der Waals surface area contributed by atoms with Crippen molar-refractivity contribution < 1.29 is 14.3 Å². The lowest BCUT2D eigenvalue weighted by Gasteiger charge is -2.38. The molecule has 1 aromatic heterocycles. The lowest BCUT2D eigenvalue weighted by molar-refractivity contribution is -0.139. The molecule has 2 amide bonds. The van der Waals surface area contributed by atoms with Gasteiger partial charge in [0.15, 0.2) is 6.61 Å². The van der Waals surface area contributed by atoms with Crippen molar-refractivity contribution in [2.24, 2.45) is 0 Å². The van der Waals surface area contributed by atoms with Crippen LogP contribution in [0.25, 0.3) is 0 Å². The summed E-state index contributed by atoms with van der Waals surface area (Å²) in [6.45, 7) is 4.18. The number of rotatable bonds is 6. The Morgan fingerprint density at radius 2 is 1.83 bits per heavy atom. The highest BCUT2D eigenvalue weighted by Gasteiger charge is 2.28. The largest absolute Gasteiger partial charge is 0.484 e. The first kappa shape index (κ1) is 21.2. The summed E-state index contributed by atoms with van der Waals surface area (Å²) in [6.07, 6.45) is 6.82. The first-order valence-electron chi connectivity index (χ1n) is 9.83. The molecule has 2 atom stereocenters. The van der Waals surface area contributed by atoms with Gasteiger partial charge in [0.25, 0.3) is 11.8 Å². The highest BCUT2D eigenvalue weighted by molar-refractivity contribution is 7.98. The third-order valence-electron chi connectivity index (χ3n) is 5.16. The number of hydrogen-bond acceptors (Lipinski definition) is 5. The third kappa shape index (κ3) is 5.50. The van der Waals surface area contributed by atoms with Gasteiger partial charge in [0.2, 0.25) is 0 Å². The van der Waals surface area contributed by atoms with Gasteiger partial charge in [0.05, 0.1) is 16.9 Å². The molecule has 2 aromatic rings. The van der Waals surface area contributed by atoms with Crippen molar-refractivity contribution in [3.8, 4) is 5.75 Å². The number of piperidine rings is 1. The van der Waals surface area contributed by atoms with E-state index in [1.165, 1.54) is 0 Å². The number of pyridine rings is 1. The van der Waals surface area contributed by atoms with E-state index < -0.39 is 0 Å². The molecule has 29 heavy (non-hydrogen) atoms. The lowest BCUT2D eigenvalue weighted by atomic mass is 9.97. The number of carbonyl (C=O) groups excluding carboxylic acids is 2. The van der Waals surface area contributed by atoms with E-state index in [1.807, 2.05) is 23.3 Å². The molecule has 2 unspecified atom stereocenters. The number of ether oxygens (including phenoxy) is 1. The maximum Gasteiger partial charge on any atom is 0.260 e. The van der Waals surface area contributed by atoms with E-state index in [4.69, 9.17) is 4.74 Å². The van der Waals surface area contributed by atoms with Gasteiger partial charge in [0.1, 0.15) is 5.75 Å². The third-order valence-corrected chi connectivity index (χ3v) is 5.82. The number of carbonyl (C=O) groups is 2. The van der Waals surface area contributed by atoms with Crippen molar-refractivity contribution in [3.05, 3.63) is 48.2 Å². The van der Waals surface area contributed by atoms with E-state index in [0.29, 0.717) is 17.0 Å². The van der Waals surface area contributed by atoms with Gasteiger partial charge in [-0.05, 0) is 75.8 Å². The maximum absolute atomic E-state index is 12.5. The zero-order valence-corrected chi connectivity index (χ0v) is 17.9. The van der Waals surface area contributed by atoms with E-state index in [9.17, 15) is 9.59 Å². The Bertz CT molecular complexity index is 829. The zero-order chi connectivity index (χ0) is 20.8. The number of aromatic nitrogens is 1. The molecule has 0 aliphatic carbocycles. The lowest BCUT2D eigenvalue weighted by Crippen LogP contribution is -2.49. The summed E-state index contributed by atoms with van der Waals surface area (Å²) in [4.78, 5) is 31.1. The summed E-state index contributed by atoms with van der Waals surface area (Å²) < 4.78 is 5.66. The predicted octanol–water partition coefficient (Wildman–Crippen LogP) is 4.22. The number of hydrogen-bond donors (Lipinski definition) is 1. The van der Waals surface area contributed by atoms with Gasteiger partial charge < -0.3 is 15.0 Å². The summed E-state index contributed by atoms with van der Waals surface area (Å²) in [5.41, 5.74) is 1.15. The number of thioether (sulfide) groups is 1. The SMILES string of the molecule is CSc1ccc(NC(=O)c2ccc(OCC(=O)N3C(C)CCCC3C)cc2)cn1. The molecule has 1 aromatic carbocycles. The van der Waals surface area contributed by atoms with Gasteiger partial charge in [-0.3, -0.25) is 9.59 Å². The van der Waals surface area contributed by atoms with Crippen molar-refractivity contribution in [1.82, 2.24) is 9.88 Å². The van der Waals surface area contributed by atoms with Crippen molar-refractivity contribution in [3.63, 3.8) is 0 Å². The molecule has 1 aliphatic heterocycles. The minimum absolute atomic E-state index is 0.00714. The maximum atomic E-state index is 12.5. The van der Waals surface area contributed by atoms with Gasteiger partial charge >= 0.3 is 0 Å². The van der Waals surface area contributed by atoms with Crippen LogP contribution in [0.4, 0.5) is 5.69 Å². The number of amides is 2. The van der Waals surface area contributed by atoms with Crippen LogP contribution in [0.1, 0.15) is 43.5 Å². The Balaban J connectivity index is 1.54. The number of anilines is 1. The van der Waals surface area contributed by atoms with E-state index >= 15 is 0 Å². The molecule has 1 N–H and O–H groups in total. The van der Waals surface area contributed by atoms with Crippen molar-refractivity contribution >= 4 is 29.3 Å². The normalized spacial score (nSPS) is 18.9. The van der Waals surface area contributed by atoms with Gasteiger partial charge in [0, 0.05) is 17.6 Å². The smallest absolute Gasteiger partial charge is 0.260 e. The molecular weight excluding hydrogens is 386 g/mol. The quantitative estimate of drug-likeness (QED) is 0.718. The molecule has 3 rings (SSSR count). The molecule has 2 heterocycles. The Labute approximate surface area is 176 Å². The molecule has 0 bridgehead atoms. The summed E-state index contributed by atoms with van der Waals surface area (Å²) in [5.74, 6) is 0.355. The number of nitrogens with zero attached hydrogens (tertiary/aromatic N) is 2. The van der Waals surface area contributed by atoms with Crippen LogP contribution < -0.4 is 10.1 Å². The first-order chi connectivity index (χ1) is 14.0. The van der Waals surface area contributed by atoms with Crippen LogP contribution in [0.2, 0.25) is 0 Å². The zero-order valence-electron chi connectivity index (χ0n) is 17.1. The Hall–Kier alpha value is -2.54. The van der Waals surface area contributed by atoms with Gasteiger partial charge in [-0.15, -0.1) is 11.8 Å². The second kappa shape index (κ2) is 9.78. The van der Waals surface area contributed by atoms with Crippen LogP contribution >= 0.6 is 11.8 Å². The second-order valence-electron chi connectivity index (χ2n) is 7.29. The fourth-order valence-corrected chi connectivity index (χ4v) is 3.98. The van der Waals surface area contributed by atoms with E-state index in [-0.39, 0.29) is 30.5 Å². The van der Waals surface area contributed by atoms with Crippen LogP contribution in [0.5, 0.6) is 5.75 Å². The molecule has 0 spiro atoms. The fourth-order valence-electron chi connectivity index (χ4n) is 3.61. The summed E-state index contributed by atoms with van der Waals surface area (Å²) in [7, 11) is 0. The van der Waals surface area contributed by atoms with Crippen molar-refractivity contribution in [2.45, 2.75) is 50.2 Å². The topological polar surface area (TPSA) is 71.5 Å². The molecular formula is C22H27N3O3S. The average Bonchev–Trinajstić information content (AvgIpc) is 2.73. The van der Waals surface area contributed by atoms with E-state index in [0.717, 1.165) is 24.3 Å². The number of likely N-dealkylation sites (tertiary alicyclic amines) is 1. The standard InChI is InChI=1S/C22H27N3O3S/c1-15-5-4-6-16(2)25(15)21(26)14-28-19-10-7-17(8-11-19)22(27)24-18-9-12-20(29-3)23-13-18/h7-13,15-16H,4-6,14H2,1-3H3,(H,24,27). The Morgan fingerprint density at radius 3 is 2.41 bits per heavy atom. The Morgan fingerprint density at radius 1 is 1.14 bits per heavy atom. The highest BCUT2D eigenvalue weighted by atomic mass is 32.2. The van der Waals surface area contributed by atoms with E-state index in [2.05, 4.69) is 24.1 Å². The van der Waals surface area contributed by atoms with Crippen molar-refractivity contribution in [2.75, 3.05) is 18.2 Å². The van der Waals surface area contributed by atoms with Crippen LogP contribution in [0.3, 0.4) is 0 Å². The van der Waals surface area contributed by atoms with E-state index in [1.54, 1.807) is 42.2 Å². The summed E-state index contributed by atoms with van der Waals surface area (Å²) in [5, 5.41) is 3.72. The molecule has 1 saturated heterocycles. The van der Waals surface area contributed by atoms with Crippen LogP contribution in [-0.2, 0) is 4.79 Å². The highest BCUT2D eigenvalue weighted by Crippen LogP contribution is 2.23. The number of nitrogens with one attached hydrogen (secondary N) is 1. The Kier molecular flexibility index (Phi) is 7.14. The molecule has 7 heteroatoms. The van der Waals surface area contributed by atoms with Gasteiger partial charge in [-0.1, -0.05) is 0 Å². The predicted molar refractivity (Wildman–Crippen MR) is 116 cm³/mol. The van der Waals surface area contributed by atoms with Crippen LogP contribution in [-0.4, -0.2) is 46.6 Å². The summed E-state index contributed by atoms with van der Waals surface area (Å²) in [6, 6.07) is 11.0. The molecule has 0 saturated carbocycles. The van der Waals surface area contributed by atoms with Gasteiger partial charge in [-0.25, -0.2) is 4.98 Å². The molecule has 154 valence electrons. The monoisotopic (exact) mass is 413 g/mol.